The Labute approximate surface area is 149 Å². The van der Waals surface area contributed by atoms with E-state index in [0.29, 0.717) is 44.0 Å². The Morgan fingerprint density at radius 1 is 1.16 bits per heavy atom. The number of hydrogen-bond acceptors (Lipinski definition) is 5. The van der Waals surface area contributed by atoms with Crippen LogP contribution in [-0.4, -0.2) is 63.6 Å². The number of rotatable bonds is 4. The highest BCUT2D eigenvalue weighted by molar-refractivity contribution is 7.89. The summed E-state index contributed by atoms with van der Waals surface area (Å²) in [4.78, 5) is 13.6. The minimum atomic E-state index is -3.71. The first-order valence-electron chi connectivity index (χ1n) is 8.38. The maximum absolute atomic E-state index is 13.2. The summed E-state index contributed by atoms with van der Waals surface area (Å²) in [5, 5.41) is 0. The summed E-state index contributed by atoms with van der Waals surface area (Å²) >= 11 is 0. The van der Waals surface area contributed by atoms with Crippen LogP contribution in [-0.2, 0) is 14.8 Å². The van der Waals surface area contributed by atoms with Gasteiger partial charge in [0.05, 0.1) is 13.7 Å². The predicted molar refractivity (Wildman–Crippen MR) is 94.4 cm³/mol. The minimum Gasteiger partial charge on any atom is -0.495 e. The van der Waals surface area contributed by atoms with Crippen molar-refractivity contribution in [2.75, 3.05) is 39.9 Å². The van der Waals surface area contributed by atoms with Crippen LogP contribution in [0.4, 0.5) is 4.79 Å². The molecule has 0 unspecified atom stereocenters. The van der Waals surface area contributed by atoms with Crippen molar-refractivity contribution in [2.45, 2.75) is 32.1 Å². The van der Waals surface area contributed by atoms with E-state index in [9.17, 15) is 13.2 Å². The van der Waals surface area contributed by atoms with Crippen LogP contribution in [0.25, 0.3) is 0 Å². The second-order valence-electron chi connectivity index (χ2n) is 6.06. The van der Waals surface area contributed by atoms with E-state index in [-0.39, 0.29) is 11.4 Å². The molecular weight excluding hydrogens is 344 g/mol. The third kappa shape index (κ3) is 4.24. The van der Waals surface area contributed by atoms with Crippen LogP contribution in [0, 0.1) is 13.8 Å². The van der Waals surface area contributed by atoms with Crippen LogP contribution >= 0.6 is 0 Å². The number of carbonyl (C=O) groups excluding carboxylic acids is 1. The molecule has 1 heterocycles. The summed E-state index contributed by atoms with van der Waals surface area (Å²) in [7, 11) is -2.24. The Bertz CT molecular complexity index is 733. The molecule has 0 radical (unpaired) electrons. The second kappa shape index (κ2) is 8.05. The monoisotopic (exact) mass is 370 g/mol. The summed E-state index contributed by atoms with van der Waals surface area (Å²) in [6, 6.07) is 3.56. The topological polar surface area (TPSA) is 76.2 Å². The van der Waals surface area contributed by atoms with Crippen LogP contribution in [0.1, 0.15) is 24.5 Å². The number of methoxy groups -OCH3 is 1. The van der Waals surface area contributed by atoms with E-state index < -0.39 is 16.1 Å². The first-order chi connectivity index (χ1) is 11.8. The van der Waals surface area contributed by atoms with Gasteiger partial charge in [-0.25, -0.2) is 13.2 Å². The number of sulfonamides is 1. The van der Waals surface area contributed by atoms with Gasteiger partial charge in [-0.1, -0.05) is 6.07 Å². The Hall–Kier alpha value is -1.80. The van der Waals surface area contributed by atoms with Gasteiger partial charge in [0.25, 0.3) is 0 Å². The molecule has 2 rings (SSSR count). The predicted octanol–water partition coefficient (Wildman–Crippen LogP) is 2.16. The lowest BCUT2D eigenvalue weighted by Gasteiger charge is -2.23. The molecule has 0 N–H and O–H groups in total. The van der Waals surface area contributed by atoms with E-state index in [4.69, 9.17) is 9.47 Å². The molecule has 1 aliphatic rings. The Morgan fingerprint density at radius 3 is 2.52 bits per heavy atom. The average Bonchev–Trinajstić information content (AvgIpc) is 2.80. The highest BCUT2D eigenvalue weighted by Gasteiger charge is 2.32. The van der Waals surface area contributed by atoms with Crippen molar-refractivity contribution in [3.63, 3.8) is 0 Å². The van der Waals surface area contributed by atoms with E-state index in [0.717, 1.165) is 5.56 Å². The molecule has 1 amide bonds. The maximum atomic E-state index is 13.2. The van der Waals surface area contributed by atoms with Gasteiger partial charge >= 0.3 is 6.09 Å². The molecule has 0 saturated carbocycles. The average molecular weight is 370 g/mol. The van der Waals surface area contributed by atoms with Crippen LogP contribution in [0.3, 0.4) is 0 Å². The first-order valence-corrected chi connectivity index (χ1v) is 9.82. The van der Waals surface area contributed by atoms with E-state index in [1.54, 1.807) is 24.8 Å². The molecule has 1 aromatic rings. The molecule has 0 bridgehead atoms. The normalized spacial score (nSPS) is 16.4. The lowest BCUT2D eigenvalue weighted by molar-refractivity contribution is 0.109. The van der Waals surface area contributed by atoms with Gasteiger partial charge in [-0.15, -0.1) is 0 Å². The summed E-state index contributed by atoms with van der Waals surface area (Å²) in [5.74, 6) is 0.351. The number of benzene rings is 1. The number of ether oxygens (including phenoxy) is 2. The molecule has 0 atom stereocenters. The third-order valence-electron chi connectivity index (χ3n) is 4.18. The van der Waals surface area contributed by atoms with Crippen molar-refractivity contribution in [2.24, 2.45) is 0 Å². The van der Waals surface area contributed by atoms with Crippen LogP contribution in [0.5, 0.6) is 5.75 Å². The fourth-order valence-electron chi connectivity index (χ4n) is 3.06. The molecule has 140 valence electrons. The molecule has 1 aliphatic heterocycles. The number of aryl methyl sites for hydroxylation is 2. The van der Waals surface area contributed by atoms with Gasteiger partial charge < -0.3 is 14.4 Å². The van der Waals surface area contributed by atoms with Gasteiger partial charge in [-0.2, -0.15) is 4.31 Å². The number of amides is 1. The summed E-state index contributed by atoms with van der Waals surface area (Å²) < 4.78 is 38.1. The molecule has 0 aromatic heterocycles. The number of hydrogen-bond donors (Lipinski definition) is 0. The van der Waals surface area contributed by atoms with Gasteiger partial charge in [-0.05, 0) is 44.4 Å². The smallest absolute Gasteiger partial charge is 0.409 e. The molecule has 0 aliphatic carbocycles. The molecule has 25 heavy (non-hydrogen) atoms. The van der Waals surface area contributed by atoms with Gasteiger partial charge in [0.1, 0.15) is 10.6 Å². The zero-order valence-corrected chi connectivity index (χ0v) is 16.1. The maximum Gasteiger partial charge on any atom is 0.409 e. The van der Waals surface area contributed by atoms with Crippen LogP contribution in [0.2, 0.25) is 0 Å². The van der Waals surface area contributed by atoms with Crippen LogP contribution in [0.15, 0.2) is 17.0 Å². The summed E-state index contributed by atoms with van der Waals surface area (Å²) in [5.41, 5.74) is 1.60. The standard InChI is InChI=1S/C17H26N2O5S/c1-5-24-17(20)18-7-6-8-19(10-9-18)25(21,22)16-14(3)11-13(2)12-15(16)23-4/h11-12H,5-10H2,1-4H3. The van der Waals surface area contributed by atoms with Gasteiger partial charge in [0.15, 0.2) is 0 Å². The summed E-state index contributed by atoms with van der Waals surface area (Å²) in [6.07, 6.45) is 0.163. The number of nitrogens with zero attached hydrogens (tertiary/aromatic N) is 2. The quantitative estimate of drug-likeness (QED) is 0.812. The summed E-state index contributed by atoms with van der Waals surface area (Å²) in [6.45, 7) is 7.10. The minimum absolute atomic E-state index is 0.199. The number of carbonyl (C=O) groups is 1. The molecule has 1 saturated heterocycles. The van der Waals surface area contributed by atoms with E-state index in [2.05, 4.69) is 0 Å². The lowest BCUT2D eigenvalue weighted by atomic mass is 10.1. The van der Waals surface area contributed by atoms with E-state index in [1.165, 1.54) is 11.4 Å². The fourth-order valence-corrected chi connectivity index (χ4v) is 4.87. The zero-order chi connectivity index (χ0) is 18.6. The molecule has 1 aromatic carbocycles. The van der Waals surface area contributed by atoms with Crippen molar-refractivity contribution >= 4 is 16.1 Å². The van der Waals surface area contributed by atoms with E-state index >= 15 is 0 Å². The Kier molecular flexibility index (Phi) is 6.29. The Morgan fingerprint density at radius 2 is 1.88 bits per heavy atom. The first kappa shape index (κ1) is 19.5. The zero-order valence-electron chi connectivity index (χ0n) is 15.2. The van der Waals surface area contributed by atoms with Crippen molar-refractivity contribution in [1.29, 1.82) is 0 Å². The molecular formula is C17H26N2O5S. The van der Waals surface area contributed by atoms with Gasteiger partial charge in [-0.3, -0.25) is 0 Å². The fraction of sp³-hybridized carbons (Fsp3) is 0.588. The molecule has 8 heteroatoms. The van der Waals surface area contributed by atoms with Gasteiger partial charge in [0, 0.05) is 26.2 Å². The lowest BCUT2D eigenvalue weighted by Crippen LogP contribution is -2.37. The largest absolute Gasteiger partial charge is 0.495 e. The second-order valence-corrected chi connectivity index (χ2v) is 7.93. The van der Waals surface area contributed by atoms with E-state index in [1.807, 2.05) is 13.0 Å². The van der Waals surface area contributed by atoms with Crippen molar-refractivity contribution < 1.29 is 22.7 Å². The highest BCUT2D eigenvalue weighted by atomic mass is 32.2. The SMILES string of the molecule is CCOC(=O)N1CCCN(S(=O)(=O)c2c(C)cc(C)cc2OC)CC1. The van der Waals surface area contributed by atoms with Crippen LogP contribution < -0.4 is 4.74 Å². The van der Waals surface area contributed by atoms with Crippen molar-refractivity contribution in [3.05, 3.63) is 23.3 Å². The molecule has 0 spiro atoms. The Balaban J connectivity index is 2.28. The molecule has 7 nitrogen and oxygen atoms in total. The highest BCUT2D eigenvalue weighted by Crippen LogP contribution is 2.31. The van der Waals surface area contributed by atoms with Crippen molar-refractivity contribution in [3.8, 4) is 5.75 Å². The molecule has 1 fully saturated rings. The third-order valence-corrected chi connectivity index (χ3v) is 6.27. The van der Waals surface area contributed by atoms with Crippen molar-refractivity contribution in [1.82, 2.24) is 9.21 Å². The van der Waals surface area contributed by atoms with Gasteiger partial charge in [0.2, 0.25) is 10.0 Å².